The SMILES string of the molecule is COc1ccc(C(=O)N2CCN(CCCl)CC2)cc1F. The highest BCUT2D eigenvalue weighted by molar-refractivity contribution is 6.18. The monoisotopic (exact) mass is 300 g/mol. The Kier molecular flexibility index (Phi) is 5.20. The van der Waals surface area contributed by atoms with Crippen molar-refractivity contribution in [2.45, 2.75) is 0 Å². The molecule has 1 saturated heterocycles. The Labute approximate surface area is 123 Å². The first kappa shape index (κ1) is 15.1. The van der Waals surface area contributed by atoms with Gasteiger partial charge in [-0.25, -0.2) is 4.39 Å². The smallest absolute Gasteiger partial charge is 0.254 e. The summed E-state index contributed by atoms with van der Waals surface area (Å²) in [5.74, 6) is 0.0853. The van der Waals surface area contributed by atoms with Gasteiger partial charge in [0.1, 0.15) is 0 Å². The molecule has 0 atom stereocenters. The predicted molar refractivity (Wildman–Crippen MR) is 76.0 cm³/mol. The van der Waals surface area contributed by atoms with Gasteiger partial charge in [-0.15, -0.1) is 11.6 Å². The van der Waals surface area contributed by atoms with Gasteiger partial charge in [0.25, 0.3) is 5.91 Å². The molecule has 110 valence electrons. The summed E-state index contributed by atoms with van der Waals surface area (Å²) in [5.41, 5.74) is 0.356. The van der Waals surface area contributed by atoms with E-state index in [4.69, 9.17) is 16.3 Å². The lowest BCUT2D eigenvalue weighted by Gasteiger charge is -2.34. The Morgan fingerprint density at radius 3 is 2.60 bits per heavy atom. The molecule has 0 saturated carbocycles. The van der Waals surface area contributed by atoms with Gasteiger partial charge in [0.2, 0.25) is 0 Å². The number of hydrogen-bond donors (Lipinski definition) is 0. The second-order valence-electron chi connectivity index (χ2n) is 4.67. The van der Waals surface area contributed by atoms with E-state index in [1.165, 1.54) is 19.2 Å². The van der Waals surface area contributed by atoms with Crippen LogP contribution < -0.4 is 4.74 Å². The van der Waals surface area contributed by atoms with Crippen LogP contribution in [0.4, 0.5) is 4.39 Å². The lowest BCUT2D eigenvalue weighted by atomic mass is 10.1. The third-order valence-electron chi connectivity index (χ3n) is 3.46. The summed E-state index contributed by atoms with van der Waals surface area (Å²) in [6.07, 6.45) is 0. The van der Waals surface area contributed by atoms with Crippen molar-refractivity contribution in [3.63, 3.8) is 0 Å². The fraction of sp³-hybridized carbons (Fsp3) is 0.500. The molecule has 2 rings (SSSR count). The standard InChI is InChI=1S/C14H18ClFN2O2/c1-20-13-3-2-11(10-12(13)16)14(19)18-8-6-17(5-4-15)7-9-18/h2-3,10H,4-9H2,1H3. The van der Waals surface area contributed by atoms with Crippen molar-refractivity contribution in [2.75, 3.05) is 45.7 Å². The van der Waals surface area contributed by atoms with Crippen molar-refractivity contribution in [1.82, 2.24) is 9.80 Å². The highest BCUT2D eigenvalue weighted by atomic mass is 35.5. The van der Waals surface area contributed by atoms with Crippen LogP contribution >= 0.6 is 11.6 Å². The first-order chi connectivity index (χ1) is 9.65. The first-order valence-electron chi connectivity index (χ1n) is 6.57. The maximum atomic E-state index is 13.6. The summed E-state index contributed by atoms with van der Waals surface area (Å²) in [7, 11) is 1.40. The molecule has 1 heterocycles. The lowest BCUT2D eigenvalue weighted by Crippen LogP contribution is -2.49. The van der Waals surface area contributed by atoms with Crippen LogP contribution in [0, 0.1) is 5.82 Å². The molecule has 1 amide bonds. The third-order valence-corrected chi connectivity index (χ3v) is 3.63. The van der Waals surface area contributed by atoms with E-state index in [1.54, 1.807) is 11.0 Å². The quantitative estimate of drug-likeness (QED) is 0.795. The van der Waals surface area contributed by atoms with Gasteiger partial charge in [0.15, 0.2) is 11.6 Å². The summed E-state index contributed by atoms with van der Waals surface area (Å²) in [6, 6.07) is 4.30. The fourth-order valence-electron chi connectivity index (χ4n) is 2.28. The molecule has 0 radical (unpaired) electrons. The van der Waals surface area contributed by atoms with Gasteiger partial charge in [0.05, 0.1) is 7.11 Å². The third kappa shape index (κ3) is 3.41. The molecule has 6 heteroatoms. The largest absolute Gasteiger partial charge is 0.494 e. The molecule has 1 aromatic carbocycles. The molecule has 0 N–H and O–H groups in total. The first-order valence-corrected chi connectivity index (χ1v) is 7.10. The molecule has 0 aliphatic carbocycles. The van der Waals surface area contributed by atoms with Crippen LogP contribution in [0.3, 0.4) is 0 Å². The fourth-order valence-corrected chi connectivity index (χ4v) is 2.52. The van der Waals surface area contributed by atoms with Crippen molar-refractivity contribution < 1.29 is 13.9 Å². The van der Waals surface area contributed by atoms with Gasteiger partial charge < -0.3 is 9.64 Å². The Morgan fingerprint density at radius 2 is 2.05 bits per heavy atom. The molecule has 0 unspecified atom stereocenters. The van der Waals surface area contributed by atoms with Crippen LogP contribution in [-0.4, -0.2) is 61.4 Å². The molecular weight excluding hydrogens is 283 g/mol. The van der Waals surface area contributed by atoms with Gasteiger partial charge >= 0.3 is 0 Å². The maximum absolute atomic E-state index is 13.6. The second-order valence-corrected chi connectivity index (χ2v) is 5.05. The Bertz CT molecular complexity index is 476. The number of hydrogen-bond acceptors (Lipinski definition) is 3. The minimum Gasteiger partial charge on any atom is -0.494 e. The summed E-state index contributed by atoms with van der Waals surface area (Å²) in [6.45, 7) is 3.72. The summed E-state index contributed by atoms with van der Waals surface area (Å²) in [4.78, 5) is 16.2. The number of amides is 1. The Hall–Kier alpha value is -1.33. The van der Waals surface area contributed by atoms with Crippen molar-refractivity contribution in [1.29, 1.82) is 0 Å². The van der Waals surface area contributed by atoms with E-state index in [2.05, 4.69) is 4.90 Å². The summed E-state index contributed by atoms with van der Waals surface area (Å²) in [5, 5.41) is 0. The molecule has 0 spiro atoms. The maximum Gasteiger partial charge on any atom is 0.254 e. The number of methoxy groups -OCH3 is 1. The van der Waals surface area contributed by atoms with Crippen LogP contribution in [-0.2, 0) is 0 Å². The van der Waals surface area contributed by atoms with Gasteiger partial charge in [-0.1, -0.05) is 0 Å². The van der Waals surface area contributed by atoms with E-state index in [0.29, 0.717) is 24.5 Å². The van der Waals surface area contributed by atoms with Crippen LogP contribution in [0.2, 0.25) is 0 Å². The van der Waals surface area contributed by atoms with E-state index in [1.807, 2.05) is 0 Å². The zero-order valence-corrected chi connectivity index (χ0v) is 12.2. The highest BCUT2D eigenvalue weighted by Crippen LogP contribution is 2.19. The number of benzene rings is 1. The highest BCUT2D eigenvalue weighted by Gasteiger charge is 2.22. The van der Waals surface area contributed by atoms with E-state index in [9.17, 15) is 9.18 Å². The molecule has 4 nitrogen and oxygen atoms in total. The van der Waals surface area contributed by atoms with E-state index < -0.39 is 5.82 Å². The van der Waals surface area contributed by atoms with Gasteiger partial charge in [-0.2, -0.15) is 0 Å². The molecule has 1 aliphatic rings. The molecule has 20 heavy (non-hydrogen) atoms. The zero-order valence-electron chi connectivity index (χ0n) is 11.4. The number of halogens is 2. The van der Waals surface area contributed by atoms with Crippen molar-refractivity contribution in [3.8, 4) is 5.75 Å². The van der Waals surface area contributed by atoms with Crippen LogP contribution in [0.5, 0.6) is 5.75 Å². The number of ether oxygens (including phenoxy) is 1. The average molecular weight is 301 g/mol. The number of alkyl halides is 1. The van der Waals surface area contributed by atoms with Crippen molar-refractivity contribution in [2.24, 2.45) is 0 Å². The minimum absolute atomic E-state index is 0.142. The van der Waals surface area contributed by atoms with E-state index in [0.717, 1.165) is 19.6 Å². The number of carbonyl (C=O) groups is 1. The Morgan fingerprint density at radius 1 is 1.35 bits per heavy atom. The Balaban J connectivity index is 2.00. The van der Waals surface area contributed by atoms with Crippen LogP contribution in [0.1, 0.15) is 10.4 Å². The number of nitrogens with zero attached hydrogens (tertiary/aromatic N) is 2. The van der Waals surface area contributed by atoms with Gasteiger partial charge in [0, 0.05) is 44.2 Å². The number of rotatable bonds is 4. The molecule has 0 aromatic heterocycles. The minimum atomic E-state index is -0.515. The van der Waals surface area contributed by atoms with Gasteiger partial charge in [-0.3, -0.25) is 9.69 Å². The van der Waals surface area contributed by atoms with E-state index >= 15 is 0 Å². The second kappa shape index (κ2) is 6.90. The van der Waals surface area contributed by atoms with Crippen LogP contribution in [0.25, 0.3) is 0 Å². The lowest BCUT2D eigenvalue weighted by molar-refractivity contribution is 0.0644. The van der Waals surface area contributed by atoms with Crippen LogP contribution in [0.15, 0.2) is 18.2 Å². The molecule has 1 fully saturated rings. The van der Waals surface area contributed by atoms with Gasteiger partial charge in [-0.05, 0) is 18.2 Å². The average Bonchev–Trinajstić information content (AvgIpc) is 2.47. The van der Waals surface area contributed by atoms with Crippen molar-refractivity contribution in [3.05, 3.63) is 29.6 Å². The molecule has 0 bridgehead atoms. The van der Waals surface area contributed by atoms with E-state index in [-0.39, 0.29) is 11.7 Å². The topological polar surface area (TPSA) is 32.8 Å². The number of piperazine rings is 1. The molecule has 1 aromatic rings. The van der Waals surface area contributed by atoms with Crippen molar-refractivity contribution >= 4 is 17.5 Å². The predicted octanol–water partition coefficient (Wildman–Crippen LogP) is 1.83. The summed E-state index contributed by atoms with van der Waals surface area (Å²) < 4.78 is 18.5. The number of carbonyl (C=O) groups excluding carboxylic acids is 1. The molecule has 1 aliphatic heterocycles. The molecular formula is C14H18ClFN2O2. The summed E-state index contributed by atoms with van der Waals surface area (Å²) >= 11 is 5.70. The zero-order chi connectivity index (χ0) is 14.5. The normalized spacial score (nSPS) is 16.2.